The van der Waals surface area contributed by atoms with Crippen molar-refractivity contribution in [3.8, 4) is 0 Å². The molecule has 0 saturated carbocycles. The van der Waals surface area contributed by atoms with Crippen LogP contribution in [0, 0.1) is 6.92 Å². The molecule has 80 valence electrons. The van der Waals surface area contributed by atoms with Crippen LogP contribution in [0.1, 0.15) is 11.3 Å². The summed E-state index contributed by atoms with van der Waals surface area (Å²) < 4.78 is 0.972. The number of rotatable bonds is 2. The lowest BCUT2D eigenvalue weighted by Gasteiger charge is -1.95. The highest BCUT2D eigenvalue weighted by Gasteiger charge is 1.91. The van der Waals surface area contributed by atoms with E-state index >= 15 is 0 Å². The van der Waals surface area contributed by atoms with Crippen LogP contribution in [0.3, 0.4) is 0 Å². The van der Waals surface area contributed by atoms with Gasteiger partial charge in [-0.2, -0.15) is 0 Å². The summed E-state index contributed by atoms with van der Waals surface area (Å²) in [4.78, 5) is 8.56. The molecule has 0 aliphatic rings. The predicted octanol–water partition coefficient (Wildman–Crippen LogP) is 3.90. The van der Waals surface area contributed by atoms with Crippen molar-refractivity contribution < 1.29 is 0 Å². The van der Waals surface area contributed by atoms with Gasteiger partial charge in [-0.05, 0) is 47.1 Å². The van der Waals surface area contributed by atoms with Crippen molar-refractivity contribution in [2.24, 2.45) is 4.99 Å². The fourth-order valence-corrected chi connectivity index (χ4v) is 1.47. The van der Waals surface area contributed by atoms with Gasteiger partial charge in [-0.15, -0.1) is 0 Å². The first-order chi connectivity index (χ1) is 7.74. The zero-order valence-corrected chi connectivity index (χ0v) is 10.5. The lowest BCUT2D eigenvalue weighted by molar-refractivity contribution is 1.28. The topological polar surface area (TPSA) is 25.2 Å². The highest BCUT2D eigenvalue weighted by Crippen LogP contribution is 2.12. The molecular weight excluding hydrogens is 264 g/mol. The maximum absolute atomic E-state index is 4.34. The summed E-state index contributed by atoms with van der Waals surface area (Å²) in [6.45, 7) is 2.06. The molecule has 0 unspecified atom stereocenters. The Kier molecular flexibility index (Phi) is 3.47. The molecule has 0 atom stereocenters. The Morgan fingerprint density at radius 3 is 2.50 bits per heavy atom. The first-order valence-electron chi connectivity index (χ1n) is 4.96. The number of aliphatic imine (C=N–C) groups is 1. The molecular formula is C13H11BrN2. The minimum atomic E-state index is 0.851. The Bertz CT molecular complexity index is 439. The Labute approximate surface area is 103 Å². The summed E-state index contributed by atoms with van der Waals surface area (Å²) in [5, 5.41) is 0. The van der Waals surface area contributed by atoms with E-state index < -0.39 is 0 Å². The van der Waals surface area contributed by atoms with Crippen molar-refractivity contribution in [1.82, 2.24) is 4.98 Å². The van der Waals surface area contributed by atoms with Crippen molar-refractivity contribution in [2.45, 2.75) is 6.92 Å². The summed E-state index contributed by atoms with van der Waals surface area (Å²) in [6, 6.07) is 11.9. The SMILES string of the molecule is Cc1ccc(N=Cc2ccc(Br)cn2)cc1. The molecule has 3 heteroatoms. The van der Waals surface area contributed by atoms with Crippen LogP contribution in [0.2, 0.25) is 0 Å². The predicted molar refractivity (Wildman–Crippen MR) is 70.4 cm³/mol. The molecule has 2 aromatic rings. The van der Waals surface area contributed by atoms with Gasteiger partial charge in [0.25, 0.3) is 0 Å². The molecule has 0 bridgehead atoms. The molecule has 0 spiro atoms. The summed E-state index contributed by atoms with van der Waals surface area (Å²) >= 11 is 3.34. The summed E-state index contributed by atoms with van der Waals surface area (Å²) in [6.07, 6.45) is 3.52. The minimum Gasteiger partial charge on any atom is -0.255 e. The zero-order valence-electron chi connectivity index (χ0n) is 8.89. The fourth-order valence-electron chi connectivity index (χ4n) is 1.24. The Hall–Kier alpha value is -1.48. The van der Waals surface area contributed by atoms with E-state index in [1.807, 2.05) is 36.4 Å². The monoisotopic (exact) mass is 274 g/mol. The van der Waals surface area contributed by atoms with Gasteiger partial charge in [0.15, 0.2) is 0 Å². The van der Waals surface area contributed by atoms with Crippen LogP contribution in [0.5, 0.6) is 0 Å². The summed E-state index contributed by atoms with van der Waals surface area (Å²) in [5.74, 6) is 0. The molecule has 0 aliphatic heterocycles. The number of hydrogen-bond donors (Lipinski definition) is 0. The van der Waals surface area contributed by atoms with Crippen LogP contribution in [0.4, 0.5) is 5.69 Å². The highest BCUT2D eigenvalue weighted by atomic mass is 79.9. The molecule has 0 saturated heterocycles. The molecule has 1 aromatic carbocycles. The molecule has 0 aliphatic carbocycles. The van der Waals surface area contributed by atoms with Gasteiger partial charge in [0.05, 0.1) is 17.6 Å². The summed E-state index contributed by atoms with van der Waals surface area (Å²) in [5.41, 5.74) is 3.03. The van der Waals surface area contributed by atoms with Crippen molar-refractivity contribution in [3.63, 3.8) is 0 Å². The maximum Gasteiger partial charge on any atom is 0.0813 e. The number of hydrogen-bond acceptors (Lipinski definition) is 2. The first kappa shape index (κ1) is 11.0. The average molecular weight is 275 g/mol. The largest absolute Gasteiger partial charge is 0.255 e. The number of nitrogens with zero attached hydrogens (tertiary/aromatic N) is 2. The van der Waals surface area contributed by atoms with Crippen molar-refractivity contribution >= 4 is 27.8 Å². The second-order valence-corrected chi connectivity index (χ2v) is 4.41. The van der Waals surface area contributed by atoms with Crippen LogP contribution < -0.4 is 0 Å². The van der Waals surface area contributed by atoms with Gasteiger partial charge < -0.3 is 0 Å². The number of aryl methyl sites for hydroxylation is 1. The van der Waals surface area contributed by atoms with Crippen LogP contribution in [-0.2, 0) is 0 Å². The van der Waals surface area contributed by atoms with E-state index in [0.717, 1.165) is 15.9 Å². The Morgan fingerprint density at radius 2 is 1.88 bits per heavy atom. The number of pyridine rings is 1. The highest BCUT2D eigenvalue weighted by molar-refractivity contribution is 9.10. The number of aromatic nitrogens is 1. The van der Waals surface area contributed by atoms with E-state index in [9.17, 15) is 0 Å². The molecule has 0 N–H and O–H groups in total. The lowest BCUT2D eigenvalue weighted by atomic mass is 10.2. The van der Waals surface area contributed by atoms with Crippen molar-refractivity contribution in [1.29, 1.82) is 0 Å². The molecule has 0 fully saturated rings. The normalized spacial score (nSPS) is 10.9. The second kappa shape index (κ2) is 5.03. The minimum absolute atomic E-state index is 0.851. The van der Waals surface area contributed by atoms with E-state index in [1.54, 1.807) is 12.4 Å². The third kappa shape index (κ3) is 3.00. The van der Waals surface area contributed by atoms with Crippen LogP contribution in [0.15, 0.2) is 52.1 Å². The third-order valence-corrected chi connectivity index (χ3v) is 2.60. The van der Waals surface area contributed by atoms with E-state index in [2.05, 4.69) is 32.8 Å². The van der Waals surface area contributed by atoms with Gasteiger partial charge in [-0.3, -0.25) is 9.98 Å². The van der Waals surface area contributed by atoms with E-state index in [4.69, 9.17) is 0 Å². The van der Waals surface area contributed by atoms with E-state index in [-0.39, 0.29) is 0 Å². The smallest absolute Gasteiger partial charge is 0.0813 e. The average Bonchev–Trinajstić information content (AvgIpc) is 2.30. The first-order valence-corrected chi connectivity index (χ1v) is 5.75. The molecule has 16 heavy (non-hydrogen) atoms. The van der Waals surface area contributed by atoms with E-state index in [1.165, 1.54) is 5.56 Å². The van der Waals surface area contributed by atoms with Gasteiger partial charge in [0.1, 0.15) is 0 Å². The Morgan fingerprint density at radius 1 is 1.12 bits per heavy atom. The van der Waals surface area contributed by atoms with E-state index in [0.29, 0.717) is 0 Å². The van der Waals surface area contributed by atoms with Gasteiger partial charge >= 0.3 is 0 Å². The molecule has 2 nitrogen and oxygen atoms in total. The van der Waals surface area contributed by atoms with Gasteiger partial charge in [-0.1, -0.05) is 17.7 Å². The van der Waals surface area contributed by atoms with Crippen LogP contribution in [-0.4, -0.2) is 11.2 Å². The number of halogens is 1. The van der Waals surface area contributed by atoms with Crippen LogP contribution in [0.25, 0.3) is 0 Å². The third-order valence-electron chi connectivity index (χ3n) is 2.13. The second-order valence-electron chi connectivity index (χ2n) is 3.50. The maximum atomic E-state index is 4.34. The molecule has 2 rings (SSSR count). The number of benzene rings is 1. The van der Waals surface area contributed by atoms with Gasteiger partial charge in [0, 0.05) is 10.7 Å². The lowest BCUT2D eigenvalue weighted by Crippen LogP contribution is -1.85. The van der Waals surface area contributed by atoms with Crippen molar-refractivity contribution in [3.05, 3.63) is 58.3 Å². The quantitative estimate of drug-likeness (QED) is 0.763. The summed E-state index contributed by atoms with van der Waals surface area (Å²) in [7, 11) is 0. The zero-order chi connectivity index (χ0) is 11.4. The molecule has 1 aromatic heterocycles. The van der Waals surface area contributed by atoms with Crippen molar-refractivity contribution in [2.75, 3.05) is 0 Å². The molecule has 1 heterocycles. The van der Waals surface area contributed by atoms with Crippen LogP contribution >= 0.6 is 15.9 Å². The standard InChI is InChI=1S/C13H11BrN2/c1-10-2-5-12(6-3-10)16-9-13-7-4-11(14)8-15-13/h2-9H,1H3. The molecule has 0 amide bonds. The Balaban J connectivity index is 2.15. The fraction of sp³-hybridized carbons (Fsp3) is 0.0769. The van der Waals surface area contributed by atoms with Gasteiger partial charge in [0.2, 0.25) is 0 Å². The molecule has 0 radical (unpaired) electrons. The van der Waals surface area contributed by atoms with Gasteiger partial charge in [-0.25, -0.2) is 0 Å².